The van der Waals surface area contributed by atoms with E-state index in [9.17, 15) is 4.79 Å². The van der Waals surface area contributed by atoms with Crippen molar-refractivity contribution in [3.8, 4) is 11.3 Å². The number of aryl methyl sites for hydroxylation is 1. The second kappa shape index (κ2) is 8.76. The number of H-pyrrole nitrogens is 1. The number of amides is 1. The smallest absolute Gasteiger partial charge is 0.252 e. The van der Waals surface area contributed by atoms with Gasteiger partial charge in [-0.1, -0.05) is 37.6 Å². The third-order valence-electron chi connectivity index (χ3n) is 8.80. The number of aromatic amines is 1. The highest BCUT2D eigenvalue weighted by Gasteiger charge is 2.44. The highest BCUT2D eigenvalue weighted by molar-refractivity contribution is 6.00. The summed E-state index contributed by atoms with van der Waals surface area (Å²) in [5.74, 6) is 1.39. The number of benzene rings is 2. The Morgan fingerprint density at radius 3 is 2.71 bits per heavy atom. The lowest BCUT2D eigenvalue weighted by molar-refractivity contribution is 0.0805. The van der Waals surface area contributed by atoms with Crippen molar-refractivity contribution in [1.82, 2.24) is 19.9 Å². The quantitative estimate of drug-likeness (QED) is 0.253. The Hall–Kier alpha value is -4.06. The molecular formula is C32H32N4O2. The Kier molecular flexibility index (Phi) is 5.32. The first-order valence-electron chi connectivity index (χ1n) is 13.7. The van der Waals surface area contributed by atoms with Gasteiger partial charge in [-0.15, -0.1) is 0 Å². The van der Waals surface area contributed by atoms with Crippen LogP contribution in [-0.4, -0.2) is 20.4 Å². The van der Waals surface area contributed by atoms with E-state index in [0.717, 1.165) is 58.5 Å². The van der Waals surface area contributed by atoms with E-state index in [1.807, 2.05) is 31.3 Å². The molecule has 0 radical (unpaired) electrons. The van der Waals surface area contributed by atoms with E-state index >= 15 is 0 Å². The fraction of sp³-hybridized carbons (Fsp3) is 0.312. The molecule has 0 saturated heterocycles. The van der Waals surface area contributed by atoms with Gasteiger partial charge in [0.15, 0.2) is 0 Å². The van der Waals surface area contributed by atoms with Crippen LogP contribution in [0.5, 0.6) is 0 Å². The summed E-state index contributed by atoms with van der Waals surface area (Å²) in [4.78, 5) is 22.3. The van der Waals surface area contributed by atoms with Crippen LogP contribution in [0.4, 0.5) is 0 Å². The van der Waals surface area contributed by atoms with E-state index < -0.39 is 5.54 Å². The second-order valence-electron chi connectivity index (χ2n) is 11.0. The summed E-state index contributed by atoms with van der Waals surface area (Å²) >= 11 is 0. The average molecular weight is 505 g/mol. The van der Waals surface area contributed by atoms with Gasteiger partial charge in [0.05, 0.1) is 34.8 Å². The lowest BCUT2D eigenvalue weighted by atomic mass is 9.75. The molecular weight excluding hydrogens is 472 g/mol. The van der Waals surface area contributed by atoms with Crippen LogP contribution in [0.25, 0.3) is 39.3 Å². The van der Waals surface area contributed by atoms with E-state index in [4.69, 9.17) is 9.40 Å². The number of imidazole rings is 1. The van der Waals surface area contributed by atoms with Gasteiger partial charge < -0.3 is 19.3 Å². The van der Waals surface area contributed by atoms with E-state index in [0.29, 0.717) is 11.5 Å². The Morgan fingerprint density at radius 1 is 1.16 bits per heavy atom. The zero-order valence-electron chi connectivity index (χ0n) is 21.7. The summed E-state index contributed by atoms with van der Waals surface area (Å²) in [6.07, 6.45) is 13.1. The molecule has 1 amide bonds. The molecule has 6 heteroatoms. The summed E-state index contributed by atoms with van der Waals surface area (Å²) in [5.41, 5.74) is 7.77. The molecule has 6 nitrogen and oxygen atoms in total. The van der Waals surface area contributed by atoms with E-state index in [1.54, 1.807) is 12.5 Å². The number of aromatic nitrogens is 3. The Labute approximate surface area is 221 Å². The molecule has 0 unspecified atom stereocenters. The predicted molar refractivity (Wildman–Crippen MR) is 151 cm³/mol. The maximum atomic E-state index is 13.7. The lowest BCUT2D eigenvalue weighted by Crippen LogP contribution is -2.52. The molecule has 0 atom stereocenters. The van der Waals surface area contributed by atoms with Crippen LogP contribution in [0.1, 0.15) is 78.2 Å². The second-order valence-corrected chi connectivity index (χ2v) is 11.0. The fourth-order valence-corrected chi connectivity index (χ4v) is 6.63. The number of carbonyl (C=O) groups is 1. The maximum absolute atomic E-state index is 13.7. The number of nitrogens with zero attached hydrogens (tertiary/aromatic N) is 2. The van der Waals surface area contributed by atoms with Crippen LogP contribution in [0, 0.1) is 0 Å². The van der Waals surface area contributed by atoms with Crippen molar-refractivity contribution in [3.63, 3.8) is 0 Å². The molecule has 2 fully saturated rings. The minimum Gasteiger partial charge on any atom is -0.472 e. The average Bonchev–Trinajstić information content (AvgIpc) is 3.71. The van der Waals surface area contributed by atoms with Crippen molar-refractivity contribution in [2.75, 3.05) is 0 Å². The summed E-state index contributed by atoms with van der Waals surface area (Å²) in [7, 11) is 2.04. The van der Waals surface area contributed by atoms with Crippen molar-refractivity contribution in [3.05, 3.63) is 84.1 Å². The Bertz CT molecular complexity index is 1680. The number of carbonyl (C=O) groups excluding carboxylic acids is 1. The van der Waals surface area contributed by atoms with E-state index in [2.05, 4.69) is 45.7 Å². The normalized spacial score (nSPS) is 17.2. The van der Waals surface area contributed by atoms with Gasteiger partial charge in [0.2, 0.25) is 0 Å². The number of hydrogen-bond donors (Lipinski definition) is 2. The van der Waals surface area contributed by atoms with Gasteiger partial charge in [0.1, 0.15) is 5.82 Å². The van der Waals surface area contributed by atoms with Crippen LogP contribution in [0.15, 0.2) is 66.0 Å². The van der Waals surface area contributed by atoms with Crippen molar-refractivity contribution in [1.29, 1.82) is 0 Å². The largest absolute Gasteiger partial charge is 0.472 e. The maximum Gasteiger partial charge on any atom is 0.252 e. The summed E-state index contributed by atoms with van der Waals surface area (Å²) in [5, 5.41) is 4.60. The van der Waals surface area contributed by atoms with Gasteiger partial charge in [0, 0.05) is 29.1 Å². The highest BCUT2D eigenvalue weighted by atomic mass is 16.3. The summed E-state index contributed by atoms with van der Waals surface area (Å²) in [6, 6.07) is 14.3. The van der Waals surface area contributed by atoms with Crippen molar-refractivity contribution >= 4 is 33.9 Å². The van der Waals surface area contributed by atoms with E-state index in [-0.39, 0.29) is 5.91 Å². The topological polar surface area (TPSA) is 75.8 Å². The molecule has 3 aromatic heterocycles. The van der Waals surface area contributed by atoms with Crippen molar-refractivity contribution in [2.24, 2.45) is 7.05 Å². The van der Waals surface area contributed by atoms with Crippen LogP contribution in [0.3, 0.4) is 0 Å². The SMILES string of the molecule is C=Cc1ccc2c(c1)nc(C1(NC(=O)c3ccc4c(C5CCCC5)c(-c5ccoc5)[nH]c4c3)CCC1)n2C. The molecule has 2 saturated carbocycles. The van der Waals surface area contributed by atoms with Crippen LogP contribution >= 0.6 is 0 Å². The third-order valence-corrected chi connectivity index (χ3v) is 8.80. The minimum absolute atomic E-state index is 0.0627. The molecule has 2 aliphatic carbocycles. The molecule has 3 heterocycles. The highest BCUT2D eigenvalue weighted by Crippen LogP contribution is 2.44. The zero-order valence-corrected chi connectivity index (χ0v) is 21.7. The van der Waals surface area contributed by atoms with Gasteiger partial charge >= 0.3 is 0 Å². The number of rotatable bonds is 6. The molecule has 0 spiro atoms. The van der Waals surface area contributed by atoms with Gasteiger partial charge in [-0.3, -0.25) is 4.79 Å². The third kappa shape index (κ3) is 3.54. The molecule has 192 valence electrons. The van der Waals surface area contributed by atoms with Crippen LogP contribution < -0.4 is 5.32 Å². The number of fused-ring (bicyclic) bond motifs is 2. The van der Waals surface area contributed by atoms with Gasteiger partial charge in [-0.2, -0.15) is 0 Å². The van der Waals surface area contributed by atoms with Crippen molar-refractivity contribution < 1.29 is 9.21 Å². The first-order chi connectivity index (χ1) is 18.6. The van der Waals surface area contributed by atoms with E-state index in [1.165, 1.54) is 36.6 Å². The van der Waals surface area contributed by atoms with Gasteiger partial charge in [0.25, 0.3) is 5.91 Å². The molecule has 7 rings (SSSR count). The van der Waals surface area contributed by atoms with Gasteiger partial charge in [-0.25, -0.2) is 4.98 Å². The fourth-order valence-electron chi connectivity index (χ4n) is 6.63. The molecule has 2 aliphatic rings. The molecule has 0 aliphatic heterocycles. The zero-order chi connectivity index (χ0) is 25.9. The first-order valence-corrected chi connectivity index (χ1v) is 13.7. The number of nitrogens with one attached hydrogen (secondary N) is 2. The lowest BCUT2D eigenvalue weighted by Gasteiger charge is -2.41. The number of furan rings is 1. The molecule has 5 aromatic rings. The monoisotopic (exact) mass is 504 g/mol. The first kappa shape index (κ1) is 23.1. The Morgan fingerprint density at radius 2 is 2.00 bits per heavy atom. The molecule has 0 bridgehead atoms. The molecule has 2 N–H and O–H groups in total. The molecule has 2 aromatic carbocycles. The van der Waals surface area contributed by atoms with Crippen LogP contribution in [-0.2, 0) is 12.6 Å². The summed E-state index contributed by atoms with van der Waals surface area (Å²) in [6.45, 7) is 3.88. The van der Waals surface area contributed by atoms with Crippen molar-refractivity contribution in [2.45, 2.75) is 56.4 Å². The predicted octanol–water partition coefficient (Wildman–Crippen LogP) is 7.42. The summed E-state index contributed by atoms with van der Waals surface area (Å²) < 4.78 is 7.53. The number of hydrogen-bond acceptors (Lipinski definition) is 3. The molecule has 38 heavy (non-hydrogen) atoms. The van der Waals surface area contributed by atoms with Gasteiger partial charge in [-0.05, 0) is 79.5 Å². The van der Waals surface area contributed by atoms with Crippen LogP contribution in [0.2, 0.25) is 0 Å². The minimum atomic E-state index is -0.457. The standard InChI is InChI=1S/C32H32N4O2/c1-3-20-9-12-27-26(17-20)34-31(36(27)2)32(14-6-15-32)35-30(37)22-10-11-24-25(18-22)33-29(23-13-16-38-19-23)28(24)21-7-4-5-8-21/h3,9-13,16-19,21,33H,1,4-8,14-15H2,2H3,(H,35,37). The Balaban J connectivity index is 1.24.